The molecule has 0 aromatic heterocycles. The monoisotopic (exact) mass is 509 g/mol. The Hall–Kier alpha value is -3.22. The fourth-order valence-corrected chi connectivity index (χ4v) is 4.03. The summed E-state index contributed by atoms with van der Waals surface area (Å²) in [7, 11) is 0. The maximum absolute atomic E-state index is 12.8. The lowest BCUT2D eigenvalue weighted by Gasteiger charge is -2.34. The van der Waals surface area contributed by atoms with Crippen LogP contribution in [0.3, 0.4) is 0 Å². The molecule has 12 heteroatoms. The molecule has 36 heavy (non-hydrogen) atoms. The van der Waals surface area contributed by atoms with E-state index in [9.17, 15) is 19.2 Å². The van der Waals surface area contributed by atoms with Gasteiger partial charge in [-0.25, -0.2) is 4.79 Å². The number of esters is 3. The van der Waals surface area contributed by atoms with E-state index in [1.54, 1.807) is 38.1 Å². The average Bonchev–Trinajstić information content (AvgIpc) is 3.26. The fraction of sp³-hybridized carbons (Fsp3) is 0.583. The normalized spacial score (nSPS) is 25.7. The van der Waals surface area contributed by atoms with Crippen molar-refractivity contribution >= 4 is 24.0 Å². The minimum atomic E-state index is -1.22. The van der Waals surface area contributed by atoms with Gasteiger partial charge >= 0.3 is 24.0 Å². The fourth-order valence-electron chi connectivity index (χ4n) is 4.03. The summed E-state index contributed by atoms with van der Waals surface area (Å²) in [6.45, 7) is 6.46. The Balaban J connectivity index is 1.86. The Bertz CT molecular complexity index is 951. The number of nitrogens with one attached hydrogen (secondary N) is 1. The van der Waals surface area contributed by atoms with Gasteiger partial charge in [0.05, 0.1) is 0 Å². The first kappa shape index (κ1) is 27.4. The Morgan fingerprint density at radius 2 is 1.67 bits per heavy atom. The Labute approximate surface area is 208 Å². The predicted molar refractivity (Wildman–Crippen MR) is 120 cm³/mol. The van der Waals surface area contributed by atoms with Crippen LogP contribution in [0, 0.1) is 0 Å². The lowest BCUT2D eigenvalue weighted by atomic mass is 9.98. The van der Waals surface area contributed by atoms with Crippen molar-refractivity contribution in [2.75, 3.05) is 6.61 Å². The highest BCUT2D eigenvalue weighted by molar-refractivity contribution is 5.69. The molecule has 0 spiro atoms. The molecule has 198 valence electrons. The second-order valence-corrected chi connectivity index (χ2v) is 8.83. The van der Waals surface area contributed by atoms with Crippen molar-refractivity contribution in [1.82, 2.24) is 5.32 Å². The molecule has 0 unspecified atom stereocenters. The number of hydrogen-bond donors (Lipinski definition) is 1. The lowest BCUT2D eigenvalue weighted by Crippen LogP contribution is -2.58. The zero-order valence-corrected chi connectivity index (χ0v) is 20.8. The van der Waals surface area contributed by atoms with Crippen LogP contribution < -0.4 is 5.32 Å². The number of rotatable bonds is 9. The average molecular weight is 510 g/mol. The lowest BCUT2D eigenvalue weighted by molar-refractivity contribution is -0.225. The third kappa shape index (κ3) is 7.39. The summed E-state index contributed by atoms with van der Waals surface area (Å²) in [5.41, 5.74) is 0.745. The number of ether oxygens (including phenoxy) is 7. The SMILES string of the molecule is CC(=O)OC[C@H](OC(C)=O)[C@H](NC(=O)OCc1ccccc1)[C@H]1O[C@@H]2OC(C)(C)O[C@@H]2[C@H]1OC(C)=O. The molecular formula is C24H31NO11. The molecular weight excluding hydrogens is 478 g/mol. The summed E-state index contributed by atoms with van der Waals surface area (Å²) < 4.78 is 38.9. The predicted octanol–water partition coefficient (Wildman–Crippen LogP) is 1.58. The number of carbonyl (C=O) groups is 4. The van der Waals surface area contributed by atoms with Crippen LogP contribution in [0.5, 0.6) is 0 Å². The van der Waals surface area contributed by atoms with E-state index in [4.69, 9.17) is 33.2 Å². The number of hydrogen-bond acceptors (Lipinski definition) is 11. The van der Waals surface area contributed by atoms with Gasteiger partial charge in [-0.1, -0.05) is 30.3 Å². The Morgan fingerprint density at radius 3 is 2.28 bits per heavy atom. The van der Waals surface area contributed by atoms with Crippen LogP contribution in [-0.4, -0.2) is 73.1 Å². The van der Waals surface area contributed by atoms with E-state index in [0.717, 1.165) is 12.5 Å². The van der Waals surface area contributed by atoms with Crippen LogP contribution >= 0.6 is 0 Å². The van der Waals surface area contributed by atoms with Crippen molar-refractivity contribution < 1.29 is 52.3 Å². The first-order chi connectivity index (χ1) is 16.9. The molecule has 2 heterocycles. The van der Waals surface area contributed by atoms with Crippen molar-refractivity contribution in [3.8, 4) is 0 Å². The van der Waals surface area contributed by atoms with Crippen molar-refractivity contribution in [3.63, 3.8) is 0 Å². The number of carbonyl (C=O) groups excluding carboxylic acids is 4. The van der Waals surface area contributed by atoms with E-state index in [1.165, 1.54) is 13.8 Å². The molecule has 0 saturated carbocycles. The standard InChI is InChI=1S/C24H31NO11/c1-13(26)30-12-17(32-14(2)27)18(25-23(29)31-11-16-9-7-6-8-10-16)19-20(33-15(3)28)21-22(34-19)36-24(4,5)35-21/h6-10,17-22H,11-12H2,1-5H3,(H,25,29)/t17-,18-,19+,20-,21+,22+/m0/s1. The van der Waals surface area contributed by atoms with Crippen molar-refractivity contribution in [2.45, 2.75) is 83.8 Å². The van der Waals surface area contributed by atoms with Gasteiger partial charge < -0.3 is 38.5 Å². The van der Waals surface area contributed by atoms with E-state index in [-0.39, 0.29) is 6.61 Å². The van der Waals surface area contributed by atoms with Gasteiger partial charge in [0, 0.05) is 20.8 Å². The molecule has 6 atom stereocenters. The van der Waals surface area contributed by atoms with Crippen LogP contribution in [0.2, 0.25) is 0 Å². The van der Waals surface area contributed by atoms with Crippen LogP contribution in [0.4, 0.5) is 4.79 Å². The van der Waals surface area contributed by atoms with Crippen molar-refractivity contribution in [1.29, 1.82) is 0 Å². The van der Waals surface area contributed by atoms with Gasteiger partial charge in [-0.3, -0.25) is 14.4 Å². The number of amides is 1. The minimum Gasteiger partial charge on any atom is -0.462 e. The highest BCUT2D eigenvalue weighted by Crippen LogP contribution is 2.40. The van der Waals surface area contributed by atoms with E-state index < -0.39 is 73.1 Å². The van der Waals surface area contributed by atoms with E-state index in [1.807, 2.05) is 6.07 Å². The molecule has 1 aromatic carbocycles. The summed E-state index contributed by atoms with van der Waals surface area (Å²) in [5.74, 6) is -2.97. The maximum Gasteiger partial charge on any atom is 0.407 e. The summed E-state index contributed by atoms with van der Waals surface area (Å²) in [6, 6.07) is 7.80. The second-order valence-electron chi connectivity index (χ2n) is 8.83. The maximum atomic E-state index is 12.8. The number of alkyl carbamates (subject to hydrolysis) is 1. The van der Waals surface area contributed by atoms with E-state index in [0.29, 0.717) is 0 Å². The third-order valence-corrected chi connectivity index (χ3v) is 5.35. The topological polar surface area (TPSA) is 145 Å². The number of benzene rings is 1. The first-order valence-electron chi connectivity index (χ1n) is 11.4. The van der Waals surface area contributed by atoms with Crippen LogP contribution in [0.25, 0.3) is 0 Å². The van der Waals surface area contributed by atoms with E-state index >= 15 is 0 Å². The molecule has 2 aliphatic heterocycles. The molecule has 1 aromatic rings. The zero-order valence-electron chi connectivity index (χ0n) is 20.8. The zero-order chi connectivity index (χ0) is 26.5. The molecule has 2 aliphatic rings. The molecule has 12 nitrogen and oxygen atoms in total. The molecule has 3 rings (SSSR count). The Morgan fingerprint density at radius 1 is 0.972 bits per heavy atom. The summed E-state index contributed by atoms with van der Waals surface area (Å²) in [6.07, 6.45) is -6.01. The Kier molecular flexibility index (Phi) is 8.88. The molecule has 0 radical (unpaired) electrons. The quantitative estimate of drug-likeness (QED) is 0.382. The third-order valence-electron chi connectivity index (χ3n) is 5.35. The van der Waals surface area contributed by atoms with Gasteiger partial charge in [0.25, 0.3) is 0 Å². The van der Waals surface area contributed by atoms with Crippen LogP contribution in [0.15, 0.2) is 30.3 Å². The van der Waals surface area contributed by atoms with Crippen molar-refractivity contribution in [3.05, 3.63) is 35.9 Å². The largest absolute Gasteiger partial charge is 0.462 e. The smallest absolute Gasteiger partial charge is 0.407 e. The summed E-state index contributed by atoms with van der Waals surface area (Å²) in [5, 5.41) is 2.61. The second kappa shape index (κ2) is 11.7. The van der Waals surface area contributed by atoms with Crippen LogP contribution in [0.1, 0.15) is 40.2 Å². The van der Waals surface area contributed by atoms with Gasteiger partial charge in [0.1, 0.15) is 25.4 Å². The van der Waals surface area contributed by atoms with Gasteiger partial charge in [-0.15, -0.1) is 0 Å². The summed E-state index contributed by atoms with van der Waals surface area (Å²) in [4.78, 5) is 48.1. The number of fused-ring (bicyclic) bond motifs is 1. The molecule has 2 fully saturated rings. The molecule has 1 N–H and O–H groups in total. The van der Waals surface area contributed by atoms with E-state index in [2.05, 4.69) is 5.32 Å². The molecule has 2 saturated heterocycles. The first-order valence-corrected chi connectivity index (χ1v) is 11.4. The summed E-state index contributed by atoms with van der Waals surface area (Å²) >= 11 is 0. The highest BCUT2D eigenvalue weighted by atomic mass is 16.8. The van der Waals surface area contributed by atoms with Gasteiger partial charge in [-0.05, 0) is 19.4 Å². The van der Waals surface area contributed by atoms with Gasteiger partial charge in [0.15, 0.2) is 30.4 Å². The minimum absolute atomic E-state index is 0.0356. The van der Waals surface area contributed by atoms with Gasteiger partial charge in [0.2, 0.25) is 0 Å². The highest BCUT2D eigenvalue weighted by Gasteiger charge is 2.59. The van der Waals surface area contributed by atoms with Gasteiger partial charge in [-0.2, -0.15) is 0 Å². The molecule has 0 aliphatic carbocycles. The van der Waals surface area contributed by atoms with Crippen molar-refractivity contribution in [2.24, 2.45) is 0 Å². The molecule has 1 amide bonds. The van der Waals surface area contributed by atoms with Crippen LogP contribution in [-0.2, 0) is 54.1 Å². The molecule has 0 bridgehead atoms.